The topological polar surface area (TPSA) is 75.6 Å². The van der Waals surface area contributed by atoms with E-state index in [4.69, 9.17) is 4.74 Å². The number of carboxylic acid groups (broad SMARTS) is 1. The molecule has 0 fully saturated rings. The first kappa shape index (κ1) is 17.5. The van der Waals surface area contributed by atoms with E-state index in [1.54, 1.807) is 13.0 Å². The van der Waals surface area contributed by atoms with Crippen molar-refractivity contribution in [2.24, 2.45) is 0 Å². The van der Waals surface area contributed by atoms with Crippen LogP contribution in [0.5, 0.6) is 5.75 Å². The highest BCUT2D eigenvalue weighted by molar-refractivity contribution is 9.10. The van der Waals surface area contributed by atoms with Crippen molar-refractivity contribution < 1.29 is 19.4 Å². The Labute approximate surface area is 132 Å². The predicted molar refractivity (Wildman–Crippen MR) is 83.8 cm³/mol. The van der Waals surface area contributed by atoms with Crippen molar-refractivity contribution in [3.05, 3.63) is 27.7 Å². The van der Waals surface area contributed by atoms with Crippen LogP contribution in [0.1, 0.15) is 42.6 Å². The van der Waals surface area contributed by atoms with Crippen LogP contribution in [0.25, 0.3) is 0 Å². The fraction of sp³-hybridized carbons (Fsp3) is 0.467. The van der Waals surface area contributed by atoms with Gasteiger partial charge in [0.1, 0.15) is 11.3 Å². The molecule has 0 atom stereocenters. The van der Waals surface area contributed by atoms with Gasteiger partial charge in [-0.3, -0.25) is 4.79 Å². The molecule has 6 heteroatoms. The molecule has 0 heterocycles. The molecule has 5 nitrogen and oxygen atoms in total. The first-order chi connectivity index (χ1) is 9.88. The number of aromatic carboxylic acids is 1. The van der Waals surface area contributed by atoms with E-state index in [9.17, 15) is 14.7 Å². The van der Waals surface area contributed by atoms with Crippen molar-refractivity contribution in [2.45, 2.75) is 39.7 Å². The third-order valence-corrected chi connectivity index (χ3v) is 3.63. The van der Waals surface area contributed by atoms with Crippen LogP contribution in [-0.2, 0) is 4.79 Å². The number of hydrogen-bond donors (Lipinski definition) is 2. The molecule has 0 saturated carbocycles. The fourth-order valence-corrected chi connectivity index (χ4v) is 2.55. The standard InChI is InChI=1S/C15H20BrNO4/c1-4-11(5-2)17-13(18)8-21-14-9(3)6-10(16)7-12(14)15(19)20/h6-7,11H,4-5,8H2,1-3H3,(H,17,18)(H,19,20). The van der Waals surface area contributed by atoms with Gasteiger partial charge in [0.2, 0.25) is 0 Å². The highest BCUT2D eigenvalue weighted by Gasteiger charge is 2.17. The summed E-state index contributed by atoms with van der Waals surface area (Å²) in [6.45, 7) is 5.54. The Morgan fingerprint density at radius 1 is 1.33 bits per heavy atom. The van der Waals surface area contributed by atoms with Crippen LogP contribution in [0.4, 0.5) is 0 Å². The number of aryl methyl sites for hydroxylation is 1. The van der Waals surface area contributed by atoms with E-state index >= 15 is 0 Å². The molecule has 21 heavy (non-hydrogen) atoms. The zero-order valence-electron chi connectivity index (χ0n) is 12.4. The summed E-state index contributed by atoms with van der Waals surface area (Å²) < 4.78 is 6.08. The molecule has 0 saturated heterocycles. The van der Waals surface area contributed by atoms with Crippen LogP contribution >= 0.6 is 15.9 Å². The highest BCUT2D eigenvalue weighted by atomic mass is 79.9. The summed E-state index contributed by atoms with van der Waals surface area (Å²) in [7, 11) is 0. The summed E-state index contributed by atoms with van der Waals surface area (Å²) in [6, 6.07) is 3.33. The van der Waals surface area contributed by atoms with E-state index in [-0.39, 0.29) is 29.9 Å². The molecule has 0 aliphatic rings. The van der Waals surface area contributed by atoms with Crippen LogP contribution in [0, 0.1) is 6.92 Å². The van der Waals surface area contributed by atoms with Gasteiger partial charge in [0, 0.05) is 10.5 Å². The Kier molecular flexibility index (Phi) is 6.68. The highest BCUT2D eigenvalue weighted by Crippen LogP contribution is 2.28. The molecule has 0 aliphatic heterocycles. The maximum atomic E-state index is 11.8. The van der Waals surface area contributed by atoms with E-state index in [0.29, 0.717) is 10.0 Å². The number of rotatable bonds is 7. The number of hydrogen-bond acceptors (Lipinski definition) is 3. The van der Waals surface area contributed by atoms with Gasteiger partial charge >= 0.3 is 5.97 Å². The molecule has 1 aromatic carbocycles. The SMILES string of the molecule is CCC(CC)NC(=O)COc1c(C)cc(Br)cc1C(=O)O. The van der Waals surface area contributed by atoms with Crippen LogP contribution in [-0.4, -0.2) is 29.6 Å². The molecular weight excluding hydrogens is 338 g/mol. The third kappa shape index (κ3) is 5.04. The molecule has 0 unspecified atom stereocenters. The first-order valence-electron chi connectivity index (χ1n) is 6.84. The molecule has 0 aromatic heterocycles. The zero-order chi connectivity index (χ0) is 16.0. The van der Waals surface area contributed by atoms with Crippen LogP contribution in [0.15, 0.2) is 16.6 Å². The number of carbonyl (C=O) groups excluding carboxylic acids is 1. The van der Waals surface area contributed by atoms with Gasteiger partial charge in [-0.1, -0.05) is 29.8 Å². The van der Waals surface area contributed by atoms with Gasteiger partial charge < -0.3 is 15.2 Å². The van der Waals surface area contributed by atoms with Gasteiger partial charge in [-0.2, -0.15) is 0 Å². The molecule has 0 spiro atoms. The molecule has 2 N–H and O–H groups in total. The Bertz CT molecular complexity index is 527. The summed E-state index contributed by atoms with van der Waals surface area (Å²) in [4.78, 5) is 23.1. The summed E-state index contributed by atoms with van der Waals surface area (Å²) in [6.07, 6.45) is 1.69. The Morgan fingerprint density at radius 3 is 2.48 bits per heavy atom. The molecule has 1 aromatic rings. The van der Waals surface area contributed by atoms with Crippen molar-refractivity contribution in [1.82, 2.24) is 5.32 Å². The fourth-order valence-electron chi connectivity index (χ4n) is 1.98. The second-order valence-electron chi connectivity index (χ2n) is 4.77. The van der Waals surface area contributed by atoms with Crippen LogP contribution < -0.4 is 10.1 Å². The lowest BCUT2D eigenvalue weighted by atomic mass is 10.1. The molecular formula is C15H20BrNO4. The average Bonchev–Trinajstić information content (AvgIpc) is 2.42. The smallest absolute Gasteiger partial charge is 0.339 e. The lowest BCUT2D eigenvalue weighted by Gasteiger charge is -2.16. The molecule has 1 rings (SSSR count). The summed E-state index contributed by atoms with van der Waals surface area (Å²) >= 11 is 3.25. The number of ether oxygens (including phenoxy) is 1. The van der Waals surface area contributed by atoms with E-state index < -0.39 is 5.97 Å². The van der Waals surface area contributed by atoms with E-state index in [1.807, 2.05) is 13.8 Å². The minimum absolute atomic E-state index is 0.0391. The minimum atomic E-state index is -1.09. The second kappa shape index (κ2) is 8.02. The summed E-state index contributed by atoms with van der Waals surface area (Å²) in [5.41, 5.74) is 0.703. The van der Waals surface area contributed by atoms with Crippen molar-refractivity contribution >= 4 is 27.8 Å². The molecule has 0 bridgehead atoms. The number of nitrogens with one attached hydrogen (secondary N) is 1. The Hall–Kier alpha value is -1.56. The lowest BCUT2D eigenvalue weighted by molar-refractivity contribution is -0.123. The zero-order valence-corrected chi connectivity index (χ0v) is 14.0. The van der Waals surface area contributed by atoms with E-state index in [2.05, 4.69) is 21.2 Å². The summed E-state index contributed by atoms with van der Waals surface area (Å²) in [5.74, 6) is -1.11. The van der Waals surface area contributed by atoms with Crippen molar-refractivity contribution in [2.75, 3.05) is 6.61 Å². The van der Waals surface area contributed by atoms with Gasteiger partial charge in [0.25, 0.3) is 5.91 Å². The number of benzene rings is 1. The van der Waals surface area contributed by atoms with Gasteiger partial charge in [0.05, 0.1) is 0 Å². The van der Waals surface area contributed by atoms with E-state index in [0.717, 1.165) is 12.8 Å². The lowest BCUT2D eigenvalue weighted by Crippen LogP contribution is -2.37. The first-order valence-corrected chi connectivity index (χ1v) is 7.63. The quantitative estimate of drug-likeness (QED) is 0.785. The van der Waals surface area contributed by atoms with E-state index in [1.165, 1.54) is 6.07 Å². The maximum absolute atomic E-state index is 11.8. The Balaban J connectivity index is 2.80. The number of carboxylic acids is 1. The van der Waals surface area contributed by atoms with Crippen LogP contribution in [0.3, 0.4) is 0 Å². The predicted octanol–water partition coefficient (Wildman–Crippen LogP) is 3.14. The normalized spacial score (nSPS) is 10.5. The monoisotopic (exact) mass is 357 g/mol. The number of carbonyl (C=O) groups is 2. The van der Waals surface area contributed by atoms with Crippen molar-refractivity contribution in [1.29, 1.82) is 0 Å². The molecule has 0 aliphatic carbocycles. The van der Waals surface area contributed by atoms with Gasteiger partial charge in [0.15, 0.2) is 6.61 Å². The molecule has 1 amide bonds. The summed E-state index contributed by atoms with van der Waals surface area (Å²) in [5, 5.41) is 12.0. The minimum Gasteiger partial charge on any atom is -0.483 e. The van der Waals surface area contributed by atoms with Crippen LogP contribution in [0.2, 0.25) is 0 Å². The molecule has 116 valence electrons. The van der Waals surface area contributed by atoms with Gasteiger partial charge in [-0.05, 0) is 37.5 Å². The third-order valence-electron chi connectivity index (χ3n) is 3.17. The maximum Gasteiger partial charge on any atom is 0.339 e. The number of amides is 1. The van der Waals surface area contributed by atoms with Crippen molar-refractivity contribution in [3.63, 3.8) is 0 Å². The van der Waals surface area contributed by atoms with Crippen molar-refractivity contribution in [3.8, 4) is 5.75 Å². The van der Waals surface area contributed by atoms with Gasteiger partial charge in [-0.25, -0.2) is 4.79 Å². The van der Waals surface area contributed by atoms with Gasteiger partial charge in [-0.15, -0.1) is 0 Å². The largest absolute Gasteiger partial charge is 0.483 e. The second-order valence-corrected chi connectivity index (χ2v) is 5.69. The molecule has 0 radical (unpaired) electrons. The number of halogens is 1. The Morgan fingerprint density at radius 2 is 1.95 bits per heavy atom. The average molecular weight is 358 g/mol.